The first kappa shape index (κ1) is 15.3. The smallest absolute Gasteiger partial charge is 0.246 e. The molecule has 0 aromatic carbocycles. The second kappa shape index (κ2) is 5.02. The van der Waals surface area contributed by atoms with Crippen molar-refractivity contribution >= 4 is 21.7 Å². The molecule has 7 heteroatoms. The van der Waals surface area contributed by atoms with Gasteiger partial charge >= 0.3 is 0 Å². The van der Waals surface area contributed by atoms with Crippen LogP contribution in [-0.4, -0.2) is 54.3 Å². The van der Waals surface area contributed by atoms with Gasteiger partial charge in [0.1, 0.15) is 12.1 Å². The maximum atomic E-state index is 12.6. The van der Waals surface area contributed by atoms with Crippen LogP contribution in [0.4, 0.5) is 0 Å². The normalized spacial score (nSPS) is 37.0. The lowest BCUT2D eigenvalue weighted by Gasteiger charge is -2.46. The Morgan fingerprint density at radius 1 is 1.40 bits per heavy atom. The molecule has 2 amide bonds. The molecule has 0 aromatic rings. The average Bonchev–Trinajstić information content (AvgIpc) is 2.61. The Hall–Kier alpha value is -1.11. The van der Waals surface area contributed by atoms with Crippen molar-refractivity contribution in [2.75, 3.05) is 11.5 Å². The van der Waals surface area contributed by atoms with E-state index in [1.165, 1.54) is 4.90 Å². The summed E-state index contributed by atoms with van der Waals surface area (Å²) in [5, 5.41) is 2.73. The maximum Gasteiger partial charge on any atom is 0.246 e. The van der Waals surface area contributed by atoms with Crippen LogP contribution in [0.5, 0.6) is 0 Å². The van der Waals surface area contributed by atoms with Gasteiger partial charge in [0.15, 0.2) is 9.84 Å². The van der Waals surface area contributed by atoms with Gasteiger partial charge in [-0.05, 0) is 26.7 Å². The van der Waals surface area contributed by atoms with Crippen LogP contribution in [0.3, 0.4) is 0 Å². The van der Waals surface area contributed by atoms with Gasteiger partial charge < -0.3 is 10.2 Å². The third-order valence-electron chi connectivity index (χ3n) is 4.26. The summed E-state index contributed by atoms with van der Waals surface area (Å²) in [6.07, 6.45) is 1.77. The number of nitrogens with zero attached hydrogens (tertiary/aromatic N) is 1. The summed E-state index contributed by atoms with van der Waals surface area (Å²) in [4.78, 5) is 26.1. The SMILES string of the molecule is CCCC1NC(=O)C(C)N(C2(C)CCS(=O)(=O)C2)C1=O. The molecule has 114 valence electrons. The number of hydrogen-bond acceptors (Lipinski definition) is 4. The van der Waals surface area contributed by atoms with E-state index in [9.17, 15) is 18.0 Å². The third kappa shape index (κ3) is 2.55. The molecule has 2 heterocycles. The molecule has 0 aromatic heterocycles. The molecule has 2 saturated heterocycles. The van der Waals surface area contributed by atoms with Gasteiger partial charge in [-0.3, -0.25) is 9.59 Å². The quantitative estimate of drug-likeness (QED) is 0.800. The molecular weight excluding hydrogens is 280 g/mol. The topological polar surface area (TPSA) is 83.6 Å². The summed E-state index contributed by atoms with van der Waals surface area (Å²) < 4.78 is 23.5. The van der Waals surface area contributed by atoms with Gasteiger partial charge in [0, 0.05) is 0 Å². The fourth-order valence-electron chi connectivity index (χ4n) is 3.23. The second-order valence-electron chi connectivity index (χ2n) is 6.07. The van der Waals surface area contributed by atoms with Crippen molar-refractivity contribution in [1.29, 1.82) is 0 Å². The van der Waals surface area contributed by atoms with Crippen LogP contribution >= 0.6 is 0 Å². The maximum absolute atomic E-state index is 12.6. The minimum absolute atomic E-state index is 0.0534. The van der Waals surface area contributed by atoms with Gasteiger partial charge in [-0.2, -0.15) is 0 Å². The van der Waals surface area contributed by atoms with E-state index in [2.05, 4.69) is 5.32 Å². The van der Waals surface area contributed by atoms with Gasteiger partial charge in [-0.15, -0.1) is 0 Å². The van der Waals surface area contributed by atoms with Crippen LogP contribution in [-0.2, 0) is 19.4 Å². The highest BCUT2D eigenvalue weighted by Gasteiger charge is 2.51. The molecule has 2 aliphatic heterocycles. The van der Waals surface area contributed by atoms with E-state index in [0.717, 1.165) is 6.42 Å². The third-order valence-corrected chi connectivity index (χ3v) is 6.15. The number of sulfone groups is 1. The highest BCUT2D eigenvalue weighted by molar-refractivity contribution is 7.91. The lowest BCUT2D eigenvalue weighted by molar-refractivity contribution is -0.154. The largest absolute Gasteiger partial charge is 0.343 e. The summed E-state index contributed by atoms with van der Waals surface area (Å²) in [7, 11) is -3.12. The fourth-order valence-corrected chi connectivity index (χ4v) is 5.36. The van der Waals surface area contributed by atoms with Gasteiger partial charge in [-0.1, -0.05) is 13.3 Å². The van der Waals surface area contributed by atoms with E-state index < -0.39 is 27.5 Å². The predicted molar refractivity (Wildman–Crippen MR) is 74.8 cm³/mol. The van der Waals surface area contributed by atoms with Crippen molar-refractivity contribution in [1.82, 2.24) is 10.2 Å². The van der Waals surface area contributed by atoms with Crippen LogP contribution in [0.25, 0.3) is 0 Å². The van der Waals surface area contributed by atoms with Gasteiger partial charge in [-0.25, -0.2) is 8.42 Å². The molecule has 2 aliphatic rings. The van der Waals surface area contributed by atoms with Crippen molar-refractivity contribution in [3.05, 3.63) is 0 Å². The Bertz CT molecular complexity index is 530. The Morgan fingerprint density at radius 2 is 2.05 bits per heavy atom. The van der Waals surface area contributed by atoms with E-state index in [4.69, 9.17) is 0 Å². The highest BCUT2D eigenvalue weighted by atomic mass is 32.2. The van der Waals surface area contributed by atoms with Crippen LogP contribution < -0.4 is 5.32 Å². The number of nitrogens with one attached hydrogen (secondary N) is 1. The first-order chi connectivity index (χ1) is 9.20. The Morgan fingerprint density at radius 3 is 2.55 bits per heavy atom. The second-order valence-corrected chi connectivity index (χ2v) is 8.26. The first-order valence-electron chi connectivity index (χ1n) is 7.04. The summed E-state index contributed by atoms with van der Waals surface area (Å²) >= 11 is 0. The molecule has 0 aliphatic carbocycles. The fraction of sp³-hybridized carbons (Fsp3) is 0.846. The lowest BCUT2D eigenvalue weighted by atomic mass is 9.92. The number of carbonyl (C=O) groups excluding carboxylic acids is 2. The van der Waals surface area contributed by atoms with Crippen LogP contribution in [0.2, 0.25) is 0 Å². The summed E-state index contributed by atoms with van der Waals surface area (Å²) in [6.45, 7) is 5.38. The molecule has 1 N–H and O–H groups in total. The van der Waals surface area contributed by atoms with Crippen molar-refractivity contribution < 1.29 is 18.0 Å². The van der Waals surface area contributed by atoms with E-state index in [0.29, 0.717) is 12.8 Å². The molecule has 0 saturated carbocycles. The van der Waals surface area contributed by atoms with Gasteiger partial charge in [0.05, 0.1) is 17.0 Å². The zero-order chi connectivity index (χ0) is 15.1. The van der Waals surface area contributed by atoms with Crippen LogP contribution in [0.1, 0.15) is 40.0 Å². The molecular formula is C13H22N2O4S. The van der Waals surface area contributed by atoms with E-state index in [-0.39, 0.29) is 23.3 Å². The van der Waals surface area contributed by atoms with Crippen molar-refractivity contribution in [3.8, 4) is 0 Å². The minimum Gasteiger partial charge on any atom is -0.343 e. The molecule has 0 radical (unpaired) electrons. The molecule has 0 spiro atoms. The Kier molecular flexibility index (Phi) is 3.83. The van der Waals surface area contributed by atoms with Gasteiger partial charge in [0.25, 0.3) is 0 Å². The average molecular weight is 302 g/mol. The number of piperazine rings is 1. The zero-order valence-corrected chi connectivity index (χ0v) is 13.0. The minimum atomic E-state index is -3.12. The number of hydrogen-bond donors (Lipinski definition) is 1. The summed E-state index contributed by atoms with van der Waals surface area (Å²) in [5.41, 5.74) is -0.765. The van der Waals surface area contributed by atoms with Crippen molar-refractivity contribution in [2.45, 2.75) is 57.7 Å². The van der Waals surface area contributed by atoms with E-state index >= 15 is 0 Å². The number of rotatable bonds is 3. The summed E-state index contributed by atoms with van der Waals surface area (Å²) in [5.74, 6) is -0.324. The first-order valence-corrected chi connectivity index (χ1v) is 8.86. The Labute approximate surface area is 119 Å². The highest BCUT2D eigenvalue weighted by Crippen LogP contribution is 2.33. The standard InChI is InChI=1S/C13H22N2O4S/c1-4-5-10-12(17)15(9(2)11(16)14-10)13(3)6-7-20(18,19)8-13/h9-10H,4-8H2,1-3H3,(H,14,16). The molecule has 20 heavy (non-hydrogen) atoms. The zero-order valence-electron chi connectivity index (χ0n) is 12.2. The molecule has 3 atom stereocenters. The molecule has 3 unspecified atom stereocenters. The lowest BCUT2D eigenvalue weighted by Crippen LogP contribution is -2.68. The molecule has 6 nitrogen and oxygen atoms in total. The van der Waals surface area contributed by atoms with Crippen molar-refractivity contribution in [3.63, 3.8) is 0 Å². The van der Waals surface area contributed by atoms with Crippen LogP contribution in [0.15, 0.2) is 0 Å². The Balaban J connectivity index is 2.32. The monoisotopic (exact) mass is 302 g/mol. The van der Waals surface area contributed by atoms with Crippen molar-refractivity contribution in [2.24, 2.45) is 0 Å². The number of amides is 2. The summed E-state index contributed by atoms with van der Waals surface area (Å²) in [6, 6.07) is -1.14. The molecule has 2 fully saturated rings. The van der Waals surface area contributed by atoms with E-state index in [1.807, 2.05) is 6.92 Å². The number of carbonyl (C=O) groups is 2. The molecule has 0 bridgehead atoms. The van der Waals surface area contributed by atoms with Crippen LogP contribution in [0, 0.1) is 0 Å². The predicted octanol–water partition coefficient (Wildman–Crippen LogP) is 0.0792. The van der Waals surface area contributed by atoms with Gasteiger partial charge in [0.2, 0.25) is 11.8 Å². The van der Waals surface area contributed by atoms with E-state index in [1.54, 1.807) is 13.8 Å². The molecule has 2 rings (SSSR count).